The highest BCUT2D eigenvalue weighted by Gasteiger charge is 2.63. The van der Waals surface area contributed by atoms with Gasteiger partial charge >= 0.3 is 0 Å². The largest absolute Gasteiger partial charge is 0.359 e. The van der Waals surface area contributed by atoms with Gasteiger partial charge in [0.2, 0.25) is 11.8 Å². The quantitative estimate of drug-likeness (QED) is 0.253. The molecule has 39 heavy (non-hydrogen) atoms. The van der Waals surface area contributed by atoms with Gasteiger partial charge in [0.05, 0.1) is 23.6 Å². The van der Waals surface area contributed by atoms with Gasteiger partial charge in [0.15, 0.2) is 11.6 Å². The lowest BCUT2D eigenvalue weighted by Gasteiger charge is -2.33. The third-order valence-corrected chi connectivity index (χ3v) is 8.31. The molecule has 3 aliphatic heterocycles. The van der Waals surface area contributed by atoms with Crippen LogP contribution in [0.25, 0.3) is 0 Å². The van der Waals surface area contributed by atoms with E-state index in [4.69, 9.17) is 23.2 Å². The highest BCUT2D eigenvalue weighted by Crippen LogP contribution is 2.47. The Morgan fingerprint density at radius 1 is 0.795 bits per heavy atom. The molecule has 194 valence electrons. The highest BCUT2D eigenvalue weighted by atomic mass is 79.9. The van der Waals surface area contributed by atoms with E-state index >= 15 is 0 Å². The lowest BCUT2D eigenvalue weighted by atomic mass is 9.85. The zero-order valence-electron chi connectivity index (χ0n) is 20.1. The fourth-order valence-corrected chi connectivity index (χ4v) is 6.44. The summed E-state index contributed by atoms with van der Waals surface area (Å²) >= 11 is 15.7. The maximum atomic E-state index is 13.9. The summed E-state index contributed by atoms with van der Waals surface area (Å²) in [6, 6.07) is 18.5. The number of hydrogen-bond acceptors (Lipinski definition) is 5. The van der Waals surface area contributed by atoms with Crippen LogP contribution in [0.4, 0.5) is 5.69 Å². The zero-order chi connectivity index (χ0) is 27.4. The van der Waals surface area contributed by atoms with Crippen LogP contribution in [0.1, 0.15) is 20.7 Å². The normalized spacial score (nSPS) is 23.5. The lowest BCUT2D eigenvalue weighted by Crippen LogP contribution is -2.46. The number of imide groups is 1. The number of fused-ring (bicyclic) bond motifs is 3. The molecule has 3 aromatic rings. The predicted molar refractivity (Wildman–Crippen MR) is 152 cm³/mol. The van der Waals surface area contributed by atoms with Crippen LogP contribution in [0, 0.1) is 11.8 Å². The zero-order valence-corrected chi connectivity index (χ0v) is 23.2. The molecule has 0 radical (unpaired) electrons. The molecule has 0 bridgehead atoms. The van der Waals surface area contributed by atoms with Crippen LogP contribution in [0.15, 0.2) is 101 Å². The predicted octanol–water partition coefficient (Wildman–Crippen LogP) is 6.13. The van der Waals surface area contributed by atoms with Crippen molar-refractivity contribution in [1.29, 1.82) is 0 Å². The van der Waals surface area contributed by atoms with Crippen molar-refractivity contribution in [2.45, 2.75) is 12.1 Å². The Bertz CT molecular complexity index is 1580. The number of carbonyl (C=O) groups is 4. The minimum Gasteiger partial charge on any atom is -0.359 e. The van der Waals surface area contributed by atoms with Gasteiger partial charge in [0.1, 0.15) is 6.04 Å². The molecule has 0 aromatic heterocycles. The fraction of sp³-hybridized carbons (Fsp3) is 0.133. The van der Waals surface area contributed by atoms with Gasteiger partial charge in [-0.05, 0) is 36.4 Å². The van der Waals surface area contributed by atoms with E-state index in [-0.39, 0.29) is 27.3 Å². The Morgan fingerprint density at radius 2 is 1.44 bits per heavy atom. The molecule has 0 saturated carbocycles. The van der Waals surface area contributed by atoms with Crippen LogP contribution in [0.5, 0.6) is 0 Å². The van der Waals surface area contributed by atoms with Gasteiger partial charge in [-0.15, -0.1) is 0 Å². The van der Waals surface area contributed by atoms with E-state index in [0.717, 1.165) is 9.37 Å². The van der Waals surface area contributed by atoms with Crippen LogP contribution >= 0.6 is 39.1 Å². The summed E-state index contributed by atoms with van der Waals surface area (Å²) in [5, 5.41) is 0.547. The average Bonchev–Trinajstić information content (AvgIpc) is 3.39. The van der Waals surface area contributed by atoms with Gasteiger partial charge < -0.3 is 4.90 Å². The molecule has 0 N–H and O–H groups in total. The van der Waals surface area contributed by atoms with Crippen molar-refractivity contribution in [1.82, 2.24) is 4.90 Å². The van der Waals surface area contributed by atoms with Gasteiger partial charge in [-0.25, -0.2) is 4.90 Å². The number of benzene rings is 3. The molecule has 4 atom stereocenters. The first kappa shape index (κ1) is 25.7. The second-order valence-electron chi connectivity index (χ2n) is 9.58. The van der Waals surface area contributed by atoms with E-state index < -0.39 is 35.7 Å². The van der Waals surface area contributed by atoms with Gasteiger partial charge in [0, 0.05) is 37.4 Å². The van der Waals surface area contributed by atoms with Crippen molar-refractivity contribution in [3.05, 3.63) is 122 Å². The fourth-order valence-electron chi connectivity index (χ4n) is 5.66. The van der Waals surface area contributed by atoms with Gasteiger partial charge in [-0.2, -0.15) is 0 Å². The Kier molecular flexibility index (Phi) is 6.53. The molecule has 3 heterocycles. The van der Waals surface area contributed by atoms with Crippen LogP contribution < -0.4 is 4.90 Å². The van der Waals surface area contributed by atoms with Crippen molar-refractivity contribution in [2.75, 3.05) is 4.90 Å². The second kappa shape index (κ2) is 9.90. The lowest BCUT2D eigenvalue weighted by molar-refractivity contribution is -0.123. The third kappa shape index (κ3) is 4.35. The second-order valence-corrected chi connectivity index (χ2v) is 11.4. The number of allylic oxidation sites excluding steroid dienone is 2. The number of Topliss-reactive ketones (excluding diaryl/α,β-unsaturated/α-hetero) is 2. The summed E-state index contributed by atoms with van der Waals surface area (Å²) in [5.74, 6) is -3.33. The topological polar surface area (TPSA) is 74.8 Å². The van der Waals surface area contributed by atoms with Crippen LogP contribution in [-0.2, 0) is 9.59 Å². The first-order chi connectivity index (χ1) is 18.7. The molecular formula is C30H19BrCl2N2O4. The molecule has 6 nitrogen and oxygen atoms in total. The molecule has 4 unspecified atom stereocenters. The monoisotopic (exact) mass is 620 g/mol. The molecule has 2 saturated heterocycles. The smallest absolute Gasteiger partial charge is 0.240 e. The summed E-state index contributed by atoms with van der Waals surface area (Å²) < 4.78 is 0.808. The van der Waals surface area contributed by atoms with Crippen molar-refractivity contribution < 1.29 is 19.2 Å². The number of carbonyl (C=O) groups excluding carboxylic acids is 4. The van der Waals surface area contributed by atoms with E-state index in [9.17, 15) is 19.2 Å². The van der Waals surface area contributed by atoms with Gasteiger partial charge in [-0.1, -0.05) is 87.7 Å². The summed E-state index contributed by atoms with van der Waals surface area (Å²) in [6.45, 7) is 0. The van der Waals surface area contributed by atoms with Crippen molar-refractivity contribution in [3.8, 4) is 0 Å². The molecule has 9 heteroatoms. The van der Waals surface area contributed by atoms with E-state index in [1.807, 2.05) is 6.07 Å². The summed E-state index contributed by atoms with van der Waals surface area (Å²) in [5.41, 5.74) is 1.55. The minimum atomic E-state index is -0.969. The van der Waals surface area contributed by atoms with E-state index in [2.05, 4.69) is 15.9 Å². The van der Waals surface area contributed by atoms with E-state index in [1.165, 1.54) is 18.2 Å². The molecule has 3 aliphatic rings. The van der Waals surface area contributed by atoms with E-state index in [0.29, 0.717) is 16.7 Å². The number of rotatable bonds is 5. The first-order valence-electron chi connectivity index (χ1n) is 12.2. The van der Waals surface area contributed by atoms with Gasteiger partial charge in [-0.3, -0.25) is 19.2 Å². The highest BCUT2D eigenvalue weighted by molar-refractivity contribution is 9.10. The summed E-state index contributed by atoms with van der Waals surface area (Å²) in [4.78, 5) is 57.8. The number of amides is 2. The number of hydrogen-bond donors (Lipinski definition) is 0. The molecule has 2 fully saturated rings. The Morgan fingerprint density at radius 3 is 2.10 bits per heavy atom. The van der Waals surface area contributed by atoms with Crippen LogP contribution in [0.3, 0.4) is 0 Å². The van der Waals surface area contributed by atoms with Crippen LogP contribution in [0.2, 0.25) is 10.0 Å². The minimum absolute atomic E-state index is 0.207. The maximum absolute atomic E-state index is 13.9. The third-order valence-electron chi connectivity index (χ3n) is 7.35. The van der Waals surface area contributed by atoms with Crippen molar-refractivity contribution in [2.24, 2.45) is 11.8 Å². The summed E-state index contributed by atoms with van der Waals surface area (Å²) in [7, 11) is 0. The van der Waals surface area contributed by atoms with E-state index in [1.54, 1.807) is 71.8 Å². The summed E-state index contributed by atoms with van der Waals surface area (Å²) in [6.07, 6.45) is 4.99. The standard InChI is InChI=1S/C30H19BrCl2N2O4/c31-19-8-6-17(7-9-19)28(37)26-25-24(29(38)35(30(25)39)22-14-20(32)13-21(33)15-22)23-12-18(10-11-34(23)26)27(36)16-4-2-1-3-5-16/h1-15,23-26H. The number of ketones is 2. The van der Waals surface area contributed by atoms with Crippen molar-refractivity contribution in [3.63, 3.8) is 0 Å². The molecule has 0 aliphatic carbocycles. The number of anilines is 1. The van der Waals surface area contributed by atoms with Crippen LogP contribution in [-0.4, -0.2) is 40.4 Å². The molecular weight excluding hydrogens is 603 g/mol. The first-order valence-corrected chi connectivity index (χ1v) is 13.7. The Balaban J connectivity index is 1.44. The molecule has 0 spiro atoms. The Hall–Kier alpha value is -3.52. The molecule has 2 amide bonds. The molecule has 3 aromatic carbocycles. The maximum Gasteiger partial charge on any atom is 0.240 e. The van der Waals surface area contributed by atoms with Gasteiger partial charge in [0.25, 0.3) is 0 Å². The number of nitrogens with zero attached hydrogens (tertiary/aromatic N) is 2. The number of halogens is 3. The Labute approximate surface area is 242 Å². The average molecular weight is 622 g/mol. The molecule has 6 rings (SSSR count). The SMILES string of the molecule is O=C(C1=CC2C3C(=O)N(c4cc(Cl)cc(Cl)c4)C(=O)C3C(C(=O)c3ccc(Br)cc3)N2C=C1)c1ccccc1. The van der Waals surface area contributed by atoms with Crippen molar-refractivity contribution >= 4 is 68.2 Å².